The second kappa shape index (κ2) is 9.25. The lowest BCUT2D eigenvalue weighted by Gasteiger charge is -2.23. The first-order valence-corrected chi connectivity index (χ1v) is 11.4. The zero-order valence-corrected chi connectivity index (χ0v) is 19.0. The average Bonchev–Trinajstić information content (AvgIpc) is 3.51. The van der Waals surface area contributed by atoms with Gasteiger partial charge in [-0.15, -0.1) is 0 Å². The Morgan fingerprint density at radius 1 is 1.00 bits per heavy atom. The van der Waals surface area contributed by atoms with Gasteiger partial charge in [0, 0.05) is 24.4 Å². The lowest BCUT2D eigenvalue weighted by molar-refractivity contribution is -0.139. The summed E-state index contributed by atoms with van der Waals surface area (Å²) in [5.74, 6) is -1.28. The molecule has 2 aliphatic rings. The van der Waals surface area contributed by atoms with Gasteiger partial charge in [0.15, 0.2) is 0 Å². The highest BCUT2D eigenvalue weighted by Gasteiger charge is 2.43. The van der Waals surface area contributed by atoms with Gasteiger partial charge in [-0.2, -0.15) is 0 Å². The van der Waals surface area contributed by atoms with E-state index in [4.69, 9.17) is 9.84 Å². The molecule has 0 heterocycles. The van der Waals surface area contributed by atoms with Crippen LogP contribution >= 0.6 is 0 Å². The number of alkyl carbamates (subject to hydrolysis) is 1. The number of amides is 2. The van der Waals surface area contributed by atoms with Crippen molar-refractivity contribution in [1.29, 1.82) is 0 Å². The van der Waals surface area contributed by atoms with Gasteiger partial charge in [-0.1, -0.05) is 62.4 Å². The maximum absolute atomic E-state index is 12.5. The summed E-state index contributed by atoms with van der Waals surface area (Å²) in [5.41, 5.74) is 3.98. The normalized spacial score (nSPS) is 18.7. The maximum atomic E-state index is 12.5. The van der Waals surface area contributed by atoms with E-state index >= 15 is 0 Å². The van der Waals surface area contributed by atoms with Crippen LogP contribution in [0.4, 0.5) is 4.79 Å². The van der Waals surface area contributed by atoms with E-state index in [9.17, 15) is 14.4 Å². The molecule has 7 nitrogen and oxygen atoms in total. The van der Waals surface area contributed by atoms with Gasteiger partial charge in [0.1, 0.15) is 6.61 Å². The average molecular weight is 451 g/mol. The Balaban J connectivity index is 1.22. The molecule has 33 heavy (non-hydrogen) atoms. The van der Waals surface area contributed by atoms with Gasteiger partial charge < -0.3 is 20.5 Å². The van der Waals surface area contributed by atoms with Crippen LogP contribution in [-0.4, -0.2) is 42.8 Å². The highest BCUT2D eigenvalue weighted by atomic mass is 16.5. The second-order valence-electron chi connectivity index (χ2n) is 9.54. The summed E-state index contributed by atoms with van der Waals surface area (Å²) in [7, 11) is 0. The molecule has 3 N–H and O–H groups in total. The molecular weight excluding hydrogens is 420 g/mol. The van der Waals surface area contributed by atoms with Crippen LogP contribution in [0.3, 0.4) is 0 Å². The summed E-state index contributed by atoms with van der Waals surface area (Å²) in [4.78, 5) is 35.7. The van der Waals surface area contributed by atoms with Crippen molar-refractivity contribution < 1.29 is 24.2 Å². The highest BCUT2D eigenvalue weighted by Crippen LogP contribution is 2.44. The van der Waals surface area contributed by atoms with Crippen molar-refractivity contribution in [3.63, 3.8) is 0 Å². The van der Waals surface area contributed by atoms with Crippen molar-refractivity contribution in [2.45, 2.75) is 32.6 Å². The number of carboxylic acid groups (broad SMARTS) is 1. The Hall–Kier alpha value is -3.35. The number of aliphatic carboxylic acids is 1. The molecule has 2 aliphatic carbocycles. The molecular formula is C26H30N2O5. The fourth-order valence-corrected chi connectivity index (χ4v) is 4.48. The molecule has 0 aromatic heterocycles. The van der Waals surface area contributed by atoms with Crippen molar-refractivity contribution in [2.24, 2.45) is 17.3 Å². The molecule has 1 fully saturated rings. The standard InChI is InChI=1S/C26H30N2O5/c1-26(2,24(31)28-14-16-13-21(16)23(29)30)11-12-27-25(32)33-15-22-19-9-5-3-7-17(19)18-8-4-6-10-20(18)22/h3-10,16,21-22H,11-15H2,1-2H3,(H,27,32)(H,28,31)(H,29,30)/t16-,21-/m0/s1. The van der Waals surface area contributed by atoms with Crippen molar-refractivity contribution in [1.82, 2.24) is 10.6 Å². The largest absolute Gasteiger partial charge is 0.481 e. The number of carbonyl (C=O) groups is 3. The van der Waals surface area contributed by atoms with Crippen molar-refractivity contribution >= 4 is 18.0 Å². The molecule has 1 saturated carbocycles. The Morgan fingerprint density at radius 2 is 1.61 bits per heavy atom. The topological polar surface area (TPSA) is 105 Å². The van der Waals surface area contributed by atoms with Gasteiger partial charge in [0.2, 0.25) is 5.91 Å². The van der Waals surface area contributed by atoms with E-state index in [1.807, 2.05) is 38.1 Å². The minimum Gasteiger partial charge on any atom is -0.481 e. The number of nitrogens with one attached hydrogen (secondary N) is 2. The van der Waals surface area contributed by atoms with E-state index in [2.05, 4.69) is 34.9 Å². The molecule has 0 unspecified atom stereocenters. The van der Waals surface area contributed by atoms with Crippen LogP contribution in [0.5, 0.6) is 0 Å². The highest BCUT2D eigenvalue weighted by molar-refractivity contribution is 5.82. The minimum atomic E-state index is -0.805. The molecule has 2 aromatic rings. The van der Waals surface area contributed by atoms with Crippen LogP contribution in [0.2, 0.25) is 0 Å². The first-order chi connectivity index (χ1) is 15.8. The molecule has 2 aromatic carbocycles. The molecule has 7 heteroatoms. The van der Waals surface area contributed by atoms with E-state index < -0.39 is 17.5 Å². The monoisotopic (exact) mass is 450 g/mol. The number of ether oxygens (including phenoxy) is 1. The van der Waals surface area contributed by atoms with Crippen molar-refractivity contribution in [2.75, 3.05) is 19.7 Å². The van der Waals surface area contributed by atoms with Gasteiger partial charge in [0.25, 0.3) is 0 Å². The quantitative estimate of drug-likeness (QED) is 0.539. The second-order valence-corrected chi connectivity index (χ2v) is 9.54. The van der Waals surface area contributed by atoms with E-state index in [0.29, 0.717) is 25.9 Å². The lowest BCUT2D eigenvalue weighted by Crippen LogP contribution is -2.40. The fourth-order valence-electron chi connectivity index (χ4n) is 4.48. The van der Waals surface area contributed by atoms with Crippen LogP contribution in [0.25, 0.3) is 11.1 Å². The zero-order chi connectivity index (χ0) is 23.6. The minimum absolute atomic E-state index is 0.00224. The SMILES string of the molecule is CC(C)(CCNC(=O)OCC1c2ccccc2-c2ccccc21)C(=O)NC[C@@H]1C[C@@H]1C(=O)O. The maximum Gasteiger partial charge on any atom is 0.407 e. The number of fused-ring (bicyclic) bond motifs is 3. The molecule has 0 aliphatic heterocycles. The van der Waals surface area contributed by atoms with Crippen molar-refractivity contribution in [3.05, 3.63) is 59.7 Å². The first kappa shape index (κ1) is 22.8. The van der Waals surface area contributed by atoms with E-state index in [-0.39, 0.29) is 30.3 Å². The zero-order valence-electron chi connectivity index (χ0n) is 19.0. The van der Waals surface area contributed by atoms with Crippen molar-refractivity contribution in [3.8, 4) is 11.1 Å². The van der Waals surface area contributed by atoms with Crippen LogP contribution in [0, 0.1) is 17.3 Å². The van der Waals surface area contributed by atoms with Gasteiger partial charge in [0.05, 0.1) is 5.92 Å². The van der Waals surface area contributed by atoms with E-state index in [0.717, 1.165) is 11.1 Å². The van der Waals surface area contributed by atoms with Gasteiger partial charge >= 0.3 is 12.1 Å². The molecule has 2 atom stereocenters. The number of hydrogen-bond donors (Lipinski definition) is 3. The first-order valence-electron chi connectivity index (χ1n) is 11.4. The molecule has 174 valence electrons. The van der Waals surface area contributed by atoms with Gasteiger partial charge in [-0.25, -0.2) is 4.79 Å². The molecule has 0 saturated heterocycles. The lowest BCUT2D eigenvalue weighted by atomic mass is 9.88. The molecule has 0 radical (unpaired) electrons. The summed E-state index contributed by atoms with van der Waals surface area (Å²) in [6, 6.07) is 16.3. The van der Waals surface area contributed by atoms with E-state index in [1.54, 1.807) is 0 Å². The predicted octanol–water partition coefficient (Wildman–Crippen LogP) is 3.78. The molecule has 0 spiro atoms. The number of benzene rings is 2. The Kier molecular flexibility index (Phi) is 6.40. The summed E-state index contributed by atoms with van der Waals surface area (Å²) >= 11 is 0. The molecule has 4 rings (SSSR count). The third-order valence-corrected chi connectivity index (χ3v) is 6.74. The third-order valence-electron chi connectivity index (χ3n) is 6.74. The Morgan fingerprint density at radius 3 is 2.18 bits per heavy atom. The van der Waals surface area contributed by atoms with Crippen LogP contribution in [0.1, 0.15) is 43.7 Å². The summed E-state index contributed by atoms with van der Waals surface area (Å²) in [6.45, 7) is 4.54. The van der Waals surface area contributed by atoms with Crippen LogP contribution in [0.15, 0.2) is 48.5 Å². The number of rotatable bonds is 9. The summed E-state index contributed by atoms with van der Waals surface area (Å²) in [5, 5.41) is 14.6. The van der Waals surface area contributed by atoms with Crippen LogP contribution in [-0.2, 0) is 14.3 Å². The predicted molar refractivity (Wildman–Crippen MR) is 124 cm³/mol. The van der Waals surface area contributed by atoms with Crippen LogP contribution < -0.4 is 10.6 Å². The smallest absolute Gasteiger partial charge is 0.407 e. The number of carbonyl (C=O) groups excluding carboxylic acids is 2. The van der Waals surface area contributed by atoms with Gasteiger partial charge in [-0.05, 0) is 41.0 Å². The van der Waals surface area contributed by atoms with E-state index in [1.165, 1.54) is 11.1 Å². The van der Waals surface area contributed by atoms with Gasteiger partial charge in [-0.3, -0.25) is 9.59 Å². The number of hydrogen-bond acceptors (Lipinski definition) is 4. The molecule has 2 amide bonds. The fraction of sp³-hybridized carbons (Fsp3) is 0.423. The Labute approximate surface area is 193 Å². The summed E-state index contributed by atoms with van der Waals surface area (Å²) < 4.78 is 5.53. The number of carboxylic acids is 1. The third kappa shape index (κ3) is 5.02. The Bertz CT molecular complexity index is 1020. The summed E-state index contributed by atoms with van der Waals surface area (Å²) in [6.07, 6.45) is 0.547. The molecule has 0 bridgehead atoms.